The fourth-order valence-corrected chi connectivity index (χ4v) is 5.62. The Kier molecular flexibility index (Phi) is 10.2. The summed E-state index contributed by atoms with van der Waals surface area (Å²) in [5.74, 6) is -0.240. The summed E-state index contributed by atoms with van der Waals surface area (Å²) >= 11 is 0. The van der Waals surface area contributed by atoms with Gasteiger partial charge in [-0.05, 0) is 67.0 Å². The van der Waals surface area contributed by atoms with Crippen LogP contribution in [-0.2, 0) is 16.0 Å². The summed E-state index contributed by atoms with van der Waals surface area (Å²) in [6, 6.07) is 11.9. The summed E-state index contributed by atoms with van der Waals surface area (Å²) < 4.78 is 38.1. The van der Waals surface area contributed by atoms with E-state index in [1.807, 2.05) is 36.1 Å². The molecule has 0 saturated heterocycles. The monoisotopic (exact) mass is 528 g/mol. The van der Waals surface area contributed by atoms with Crippen LogP contribution in [0.25, 0.3) is 5.57 Å². The van der Waals surface area contributed by atoms with Crippen molar-refractivity contribution in [1.29, 1.82) is 0 Å². The van der Waals surface area contributed by atoms with E-state index in [-0.39, 0.29) is 25.2 Å². The molecule has 0 spiro atoms. The topological polar surface area (TPSA) is 71.9 Å². The molecule has 38 heavy (non-hydrogen) atoms. The first-order chi connectivity index (χ1) is 18.4. The fraction of sp³-hybridized carbons (Fsp3) is 0.533. The molecule has 8 heteroatoms. The molecule has 0 saturated carbocycles. The van der Waals surface area contributed by atoms with Gasteiger partial charge in [0.15, 0.2) is 0 Å². The Labute approximate surface area is 223 Å². The van der Waals surface area contributed by atoms with Crippen LogP contribution in [0.1, 0.15) is 74.7 Å². The molecule has 2 atom stereocenters. The number of carboxylic acids is 1. The molecule has 206 valence electrons. The minimum atomic E-state index is -2.40. The quantitative estimate of drug-likeness (QED) is 0.273. The zero-order valence-corrected chi connectivity index (χ0v) is 22.1. The molecule has 0 fully saturated rings. The number of fused-ring (bicyclic) bond motifs is 2. The van der Waals surface area contributed by atoms with Gasteiger partial charge in [-0.1, -0.05) is 49.9 Å². The third kappa shape index (κ3) is 7.38. The van der Waals surface area contributed by atoms with E-state index >= 15 is 0 Å². The Morgan fingerprint density at radius 1 is 1.08 bits per heavy atom. The average Bonchev–Trinajstić information content (AvgIpc) is 3.25. The number of halogens is 2. The number of ether oxygens (including phenoxy) is 2. The maximum Gasteiger partial charge on any atom is 0.329 e. The number of alkyl halides is 2. The number of unbranched alkanes of at least 4 members (excludes halogenated alkanes) is 5. The average molecular weight is 529 g/mol. The van der Waals surface area contributed by atoms with Crippen molar-refractivity contribution in [1.82, 2.24) is 9.88 Å². The van der Waals surface area contributed by atoms with Crippen molar-refractivity contribution in [3.63, 3.8) is 0 Å². The Hall–Kier alpha value is -2.84. The van der Waals surface area contributed by atoms with Gasteiger partial charge in [0, 0.05) is 12.6 Å². The van der Waals surface area contributed by atoms with Gasteiger partial charge in [-0.15, -0.1) is 0 Å². The highest BCUT2D eigenvalue weighted by atomic mass is 19.3. The molecule has 2 aromatic rings. The summed E-state index contributed by atoms with van der Waals surface area (Å²) in [5, 5.41) is 8.53. The van der Waals surface area contributed by atoms with Crippen LogP contribution in [-0.4, -0.2) is 59.8 Å². The molecule has 1 aromatic heterocycles. The van der Waals surface area contributed by atoms with Crippen LogP contribution in [0.4, 0.5) is 8.78 Å². The van der Waals surface area contributed by atoms with Gasteiger partial charge in [0.1, 0.15) is 12.4 Å². The molecule has 1 aliphatic carbocycles. The van der Waals surface area contributed by atoms with Gasteiger partial charge in [0.05, 0.1) is 31.1 Å². The van der Waals surface area contributed by atoms with E-state index in [0.717, 1.165) is 57.1 Å². The molecule has 6 nitrogen and oxygen atoms in total. The van der Waals surface area contributed by atoms with Gasteiger partial charge in [-0.3, -0.25) is 9.88 Å². The molecule has 2 heterocycles. The summed E-state index contributed by atoms with van der Waals surface area (Å²) in [4.78, 5) is 17.0. The molecule has 4 rings (SSSR count). The van der Waals surface area contributed by atoms with Crippen molar-refractivity contribution >= 4 is 11.5 Å². The van der Waals surface area contributed by atoms with Gasteiger partial charge in [0.2, 0.25) is 0 Å². The lowest BCUT2D eigenvalue weighted by molar-refractivity contribution is -0.142. The first-order valence-electron chi connectivity index (χ1n) is 13.7. The number of aromatic nitrogens is 1. The Morgan fingerprint density at radius 3 is 2.53 bits per heavy atom. The highest BCUT2D eigenvalue weighted by Crippen LogP contribution is 2.48. The smallest absolute Gasteiger partial charge is 0.329 e. The molecular formula is C30H38F2N2O4. The second-order valence-electron chi connectivity index (χ2n) is 10.2. The first kappa shape index (κ1) is 28.2. The Bertz CT molecular complexity index is 1090. The molecule has 0 unspecified atom stereocenters. The predicted octanol–water partition coefficient (Wildman–Crippen LogP) is 6.31. The number of carbonyl (C=O) groups is 1. The number of benzene rings is 1. The van der Waals surface area contributed by atoms with Crippen LogP contribution in [0.2, 0.25) is 0 Å². The van der Waals surface area contributed by atoms with E-state index in [9.17, 15) is 13.6 Å². The minimum Gasteiger partial charge on any atom is -0.492 e. The van der Waals surface area contributed by atoms with Crippen LogP contribution < -0.4 is 4.74 Å². The number of hydrogen-bond acceptors (Lipinski definition) is 5. The van der Waals surface area contributed by atoms with Crippen LogP contribution in [0.3, 0.4) is 0 Å². The van der Waals surface area contributed by atoms with E-state index in [0.29, 0.717) is 19.0 Å². The first-order valence-corrected chi connectivity index (χ1v) is 13.7. The molecule has 0 amide bonds. The van der Waals surface area contributed by atoms with Gasteiger partial charge >= 0.3 is 5.97 Å². The van der Waals surface area contributed by atoms with Crippen molar-refractivity contribution in [2.75, 3.05) is 26.4 Å². The highest BCUT2D eigenvalue weighted by molar-refractivity contribution is 5.78. The maximum atomic E-state index is 13.6. The summed E-state index contributed by atoms with van der Waals surface area (Å²) in [5.41, 5.74) is 5.79. The normalized spacial score (nSPS) is 19.1. The lowest BCUT2D eigenvalue weighted by Crippen LogP contribution is -2.43. The van der Waals surface area contributed by atoms with E-state index < -0.39 is 12.4 Å². The van der Waals surface area contributed by atoms with Gasteiger partial charge < -0.3 is 14.6 Å². The zero-order valence-electron chi connectivity index (χ0n) is 22.1. The van der Waals surface area contributed by atoms with Crippen molar-refractivity contribution in [2.45, 2.75) is 76.8 Å². The number of rotatable bonds is 15. The minimum absolute atomic E-state index is 0.00565. The number of hydrogen-bond donors (Lipinski definition) is 1. The largest absolute Gasteiger partial charge is 0.492 e. The number of pyridine rings is 1. The fourth-order valence-electron chi connectivity index (χ4n) is 5.62. The van der Waals surface area contributed by atoms with Crippen LogP contribution in [0.15, 0.2) is 48.2 Å². The van der Waals surface area contributed by atoms with Gasteiger partial charge in [0.25, 0.3) is 6.43 Å². The highest BCUT2D eigenvalue weighted by Gasteiger charge is 2.40. The Balaban J connectivity index is 1.28. The zero-order chi connectivity index (χ0) is 26.9. The van der Waals surface area contributed by atoms with Crippen molar-refractivity contribution in [3.8, 4) is 5.75 Å². The standard InChI is InChI=1S/C30H38F2N2O4/c1-21-16-25-24-11-7-6-10-22(24)17-26(25)30(34(21)19-28(31)32)27-13-12-23(18-33-27)38-15-9-5-3-2-4-8-14-37-20-29(35)36/h6-7,10-13,18,21,28,30H,2-5,8-9,14-17,19-20H2,1H3,(H,35,36)/t21-,30+/m1/s1. The SMILES string of the molecule is C[C@@H]1CC2=C(Cc3ccccc32)[C@@H](c2ccc(OCCCCCCCCOCC(=O)O)cn2)N1CC(F)F. The van der Waals surface area contributed by atoms with E-state index in [1.54, 1.807) is 6.20 Å². The third-order valence-corrected chi connectivity index (χ3v) is 7.40. The molecule has 2 aliphatic rings. The van der Waals surface area contributed by atoms with Crippen molar-refractivity contribution < 1.29 is 28.2 Å². The van der Waals surface area contributed by atoms with Crippen molar-refractivity contribution in [3.05, 3.63) is 65.0 Å². The Morgan fingerprint density at radius 2 is 1.82 bits per heavy atom. The summed E-state index contributed by atoms with van der Waals surface area (Å²) in [7, 11) is 0. The predicted molar refractivity (Wildman–Crippen MR) is 142 cm³/mol. The van der Waals surface area contributed by atoms with Crippen LogP contribution in [0, 0.1) is 0 Å². The lowest BCUT2D eigenvalue weighted by atomic mass is 9.87. The summed E-state index contributed by atoms with van der Waals surface area (Å²) in [6.07, 6.45) is 6.94. The second-order valence-corrected chi connectivity index (χ2v) is 10.2. The van der Waals surface area contributed by atoms with Crippen molar-refractivity contribution in [2.24, 2.45) is 0 Å². The molecular weight excluding hydrogens is 490 g/mol. The third-order valence-electron chi connectivity index (χ3n) is 7.40. The molecule has 0 bridgehead atoms. The molecule has 1 aliphatic heterocycles. The van der Waals surface area contributed by atoms with E-state index in [1.165, 1.54) is 22.3 Å². The van der Waals surface area contributed by atoms with Gasteiger partial charge in [-0.25, -0.2) is 13.6 Å². The van der Waals surface area contributed by atoms with Gasteiger partial charge in [-0.2, -0.15) is 0 Å². The lowest BCUT2D eigenvalue weighted by Gasteiger charge is -2.41. The van der Waals surface area contributed by atoms with Crippen LogP contribution in [0.5, 0.6) is 5.75 Å². The molecule has 0 radical (unpaired) electrons. The summed E-state index contributed by atoms with van der Waals surface area (Å²) in [6.45, 7) is 2.63. The number of nitrogens with zero attached hydrogens (tertiary/aromatic N) is 2. The molecule has 1 aromatic carbocycles. The van der Waals surface area contributed by atoms with E-state index in [4.69, 9.17) is 19.6 Å². The van der Waals surface area contributed by atoms with E-state index in [2.05, 4.69) is 12.1 Å². The molecule has 1 N–H and O–H groups in total. The number of aliphatic carboxylic acids is 1. The number of carboxylic acid groups (broad SMARTS) is 1. The maximum absolute atomic E-state index is 13.6. The second kappa shape index (κ2) is 13.8. The van der Waals surface area contributed by atoms with Crippen LogP contribution >= 0.6 is 0 Å².